The second-order valence-electron chi connectivity index (χ2n) is 6.96. The van der Waals surface area contributed by atoms with Crippen molar-refractivity contribution in [3.05, 3.63) is 53.3 Å². The van der Waals surface area contributed by atoms with Gasteiger partial charge < -0.3 is 10.2 Å². The van der Waals surface area contributed by atoms with E-state index in [2.05, 4.69) is 44.5 Å². The number of hydrogen-bond acceptors (Lipinski definition) is 4. The van der Waals surface area contributed by atoms with Crippen LogP contribution in [0.25, 0.3) is 0 Å². The number of nitrogens with one attached hydrogen (secondary N) is 1. The summed E-state index contributed by atoms with van der Waals surface area (Å²) < 4.78 is 0. The van der Waals surface area contributed by atoms with Crippen LogP contribution < -0.4 is 10.2 Å². The van der Waals surface area contributed by atoms with E-state index in [0.717, 1.165) is 25.6 Å². The number of nitrogens with zero attached hydrogens (tertiary/aromatic N) is 3. The smallest absolute Gasteiger partial charge is 0.225 e. The lowest BCUT2D eigenvalue weighted by Gasteiger charge is -2.20. The Hall–Kier alpha value is -1.94. The van der Waals surface area contributed by atoms with Gasteiger partial charge in [0.25, 0.3) is 0 Å². The molecule has 2 aliphatic rings. The van der Waals surface area contributed by atoms with Crippen LogP contribution in [0.4, 0.5) is 5.95 Å². The molecular weight excluding hydrogens is 296 g/mol. The summed E-state index contributed by atoms with van der Waals surface area (Å²) in [5.41, 5.74) is 4.15. The molecule has 4 nitrogen and oxygen atoms in total. The first-order chi connectivity index (χ1) is 11.9. The van der Waals surface area contributed by atoms with Crippen LogP contribution in [0, 0.1) is 0 Å². The van der Waals surface area contributed by atoms with E-state index in [9.17, 15) is 0 Å². The van der Waals surface area contributed by atoms with Gasteiger partial charge in [0.15, 0.2) is 0 Å². The van der Waals surface area contributed by atoms with Crippen LogP contribution >= 0.6 is 0 Å². The Balaban J connectivity index is 1.41. The summed E-state index contributed by atoms with van der Waals surface area (Å²) in [6.07, 6.45) is 11.5. The number of aromatic nitrogens is 2. The average Bonchev–Trinajstić information content (AvgIpc) is 3.09. The van der Waals surface area contributed by atoms with Gasteiger partial charge in [0.05, 0.1) is 0 Å². The third-order valence-electron chi connectivity index (χ3n) is 5.25. The molecule has 2 aromatic rings. The lowest BCUT2D eigenvalue weighted by Crippen LogP contribution is -2.22. The van der Waals surface area contributed by atoms with Crippen LogP contribution in [0.3, 0.4) is 0 Å². The second kappa shape index (κ2) is 7.31. The van der Waals surface area contributed by atoms with Gasteiger partial charge in [-0.15, -0.1) is 0 Å². The third kappa shape index (κ3) is 3.44. The molecule has 24 heavy (non-hydrogen) atoms. The fraction of sp³-hybridized carbons (Fsp3) is 0.500. The molecule has 126 valence electrons. The maximum atomic E-state index is 4.56. The molecule has 4 rings (SSSR count). The molecule has 0 amide bonds. The predicted octanol–water partition coefficient (Wildman–Crippen LogP) is 3.63. The molecule has 1 aromatic carbocycles. The van der Waals surface area contributed by atoms with E-state index in [-0.39, 0.29) is 0 Å². The number of aryl methyl sites for hydroxylation is 1. The van der Waals surface area contributed by atoms with Crippen LogP contribution in [-0.2, 0) is 13.0 Å². The second-order valence-corrected chi connectivity index (χ2v) is 6.96. The zero-order valence-corrected chi connectivity index (χ0v) is 14.2. The van der Waals surface area contributed by atoms with Gasteiger partial charge >= 0.3 is 0 Å². The molecule has 1 aliphatic carbocycles. The summed E-state index contributed by atoms with van der Waals surface area (Å²) in [5.74, 6) is 0.885. The maximum Gasteiger partial charge on any atom is 0.225 e. The summed E-state index contributed by atoms with van der Waals surface area (Å²) in [4.78, 5) is 11.4. The van der Waals surface area contributed by atoms with Crippen molar-refractivity contribution in [2.45, 2.75) is 51.1 Å². The van der Waals surface area contributed by atoms with Gasteiger partial charge in [-0.2, -0.15) is 0 Å². The molecule has 1 saturated heterocycles. The highest BCUT2D eigenvalue weighted by molar-refractivity contribution is 5.32. The monoisotopic (exact) mass is 322 g/mol. The first kappa shape index (κ1) is 15.6. The molecule has 0 saturated carbocycles. The topological polar surface area (TPSA) is 41.1 Å². The molecule has 1 aromatic heterocycles. The largest absolute Gasteiger partial charge is 0.341 e. The van der Waals surface area contributed by atoms with Crippen LogP contribution in [0.2, 0.25) is 0 Å². The highest BCUT2D eigenvalue weighted by Crippen LogP contribution is 2.28. The van der Waals surface area contributed by atoms with Crippen molar-refractivity contribution in [3.63, 3.8) is 0 Å². The standard InChI is InChI=1S/C20H26N4/c1-3-9-18-17(7-1)8-2-4-10-19(18)21-13-16-14-22-20(23-15-16)24-11-5-6-12-24/h1,3,7,9,14-15,19,21H,2,4-6,8,10-13H2/t19-/m0/s1. The molecule has 1 atom stereocenters. The summed E-state index contributed by atoms with van der Waals surface area (Å²) in [7, 11) is 0. The minimum absolute atomic E-state index is 0.446. The highest BCUT2D eigenvalue weighted by atomic mass is 15.3. The SMILES string of the molecule is c1ccc2c(c1)CCCC[C@@H]2NCc1cnc(N2CCCC2)nc1. The van der Waals surface area contributed by atoms with Crippen molar-refractivity contribution < 1.29 is 0 Å². The molecule has 0 bridgehead atoms. The molecule has 2 heterocycles. The molecular formula is C20H26N4. The van der Waals surface area contributed by atoms with Crippen molar-refractivity contribution in [1.29, 1.82) is 0 Å². The van der Waals surface area contributed by atoms with Crippen molar-refractivity contribution in [3.8, 4) is 0 Å². The van der Waals surface area contributed by atoms with Crippen LogP contribution in [0.5, 0.6) is 0 Å². The zero-order valence-electron chi connectivity index (χ0n) is 14.2. The van der Waals surface area contributed by atoms with Gasteiger partial charge in [0, 0.05) is 43.6 Å². The zero-order chi connectivity index (χ0) is 16.2. The summed E-state index contributed by atoms with van der Waals surface area (Å²) >= 11 is 0. The van der Waals surface area contributed by atoms with Gasteiger partial charge in [0.1, 0.15) is 0 Å². The van der Waals surface area contributed by atoms with Crippen LogP contribution in [-0.4, -0.2) is 23.1 Å². The van der Waals surface area contributed by atoms with Crippen molar-refractivity contribution >= 4 is 5.95 Å². The van der Waals surface area contributed by atoms with Crippen molar-refractivity contribution in [1.82, 2.24) is 15.3 Å². The van der Waals surface area contributed by atoms with E-state index in [0.29, 0.717) is 6.04 Å². The van der Waals surface area contributed by atoms with E-state index in [1.807, 2.05) is 12.4 Å². The van der Waals surface area contributed by atoms with E-state index < -0.39 is 0 Å². The first-order valence-electron chi connectivity index (χ1n) is 9.27. The number of benzene rings is 1. The number of rotatable bonds is 4. The number of fused-ring (bicyclic) bond motifs is 1. The summed E-state index contributed by atoms with van der Waals surface area (Å²) in [6.45, 7) is 3.02. The van der Waals surface area contributed by atoms with E-state index in [1.54, 1.807) is 0 Å². The first-order valence-corrected chi connectivity index (χ1v) is 9.27. The Morgan fingerprint density at radius 1 is 1.00 bits per heavy atom. The maximum absolute atomic E-state index is 4.56. The summed E-state index contributed by atoms with van der Waals surface area (Å²) in [6, 6.07) is 9.33. The lowest BCUT2D eigenvalue weighted by molar-refractivity contribution is 0.488. The fourth-order valence-electron chi connectivity index (χ4n) is 3.89. The van der Waals surface area contributed by atoms with Gasteiger partial charge in [-0.1, -0.05) is 30.7 Å². The van der Waals surface area contributed by atoms with Gasteiger partial charge in [-0.3, -0.25) is 0 Å². The van der Waals surface area contributed by atoms with Gasteiger partial charge in [-0.25, -0.2) is 9.97 Å². The molecule has 0 unspecified atom stereocenters. The van der Waals surface area contributed by atoms with E-state index >= 15 is 0 Å². The normalized spacial score (nSPS) is 20.7. The summed E-state index contributed by atoms with van der Waals surface area (Å²) in [5, 5.41) is 3.73. The average molecular weight is 322 g/mol. The van der Waals surface area contributed by atoms with Gasteiger partial charge in [-0.05, 0) is 43.2 Å². The molecule has 1 fully saturated rings. The molecule has 1 aliphatic heterocycles. The highest BCUT2D eigenvalue weighted by Gasteiger charge is 2.18. The lowest BCUT2D eigenvalue weighted by atomic mass is 9.99. The fourth-order valence-corrected chi connectivity index (χ4v) is 3.89. The quantitative estimate of drug-likeness (QED) is 0.873. The number of hydrogen-bond donors (Lipinski definition) is 1. The Kier molecular flexibility index (Phi) is 4.74. The van der Waals surface area contributed by atoms with Crippen LogP contribution in [0.1, 0.15) is 54.8 Å². The number of anilines is 1. The molecule has 1 N–H and O–H groups in total. The minimum atomic E-state index is 0.446. The Labute approximate surface area is 144 Å². The Morgan fingerprint density at radius 3 is 2.62 bits per heavy atom. The molecule has 0 spiro atoms. The molecule has 4 heteroatoms. The third-order valence-corrected chi connectivity index (χ3v) is 5.25. The minimum Gasteiger partial charge on any atom is -0.341 e. The van der Waals surface area contributed by atoms with E-state index in [4.69, 9.17) is 0 Å². The van der Waals surface area contributed by atoms with E-state index in [1.165, 1.54) is 55.2 Å². The van der Waals surface area contributed by atoms with Gasteiger partial charge in [0.2, 0.25) is 5.95 Å². The Morgan fingerprint density at radius 2 is 1.79 bits per heavy atom. The Bertz CT molecular complexity index is 662. The van der Waals surface area contributed by atoms with Crippen LogP contribution in [0.15, 0.2) is 36.7 Å². The van der Waals surface area contributed by atoms with Crippen molar-refractivity contribution in [2.75, 3.05) is 18.0 Å². The molecule has 0 radical (unpaired) electrons. The van der Waals surface area contributed by atoms with Crippen molar-refractivity contribution in [2.24, 2.45) is 0 Å². The predicted molar refractivity (Wildman–Crippen MR) is 97.1 cm³/mol.